The molecule has 0 aromatic heterocycles. The molecule has 0 aliphatic heterocycles. The second-order valence-electron chi connectivity index (χ2n) is 2.66. The fourth-order valence-electron chi connectivity index (χ4n) is 1.16. The van der Waals surface area contributed by atoms with Gasteiger partial charge in [0.25, 0.3) is 0 Å². The van der Waals surface area contributed by atoms with Crippen molar-refractivity contribution in [2.75, 3.05) is 13.2 Å². The van der Waals surface area contributed by atoms with Crippen LogP contribution in [0.4, 0.5) is 0 Å². The Balaban J connectivity index is 2.89. The van der Waals surface area contributed by atoms with Crippen LogP contribution in [0.2, 0.25) is 5.02 Å². The van der Waals surface area contributed by atoms with Crippen LogP contribution in [0.15, 0.2) is 18.2 Å². The zero-order chi connectivity index (χ0) is 9.68. The highest BCUT2D eigenvalue weighted by Crippen LogP contribution is 2.23. The van der Waals surface area contributed by atoms with Gasteiger partial charge in [0.1, 0.15) is 5.75 Å². The molecule has 3 heteroatoms. The van der Waals surface area contributed by atoms with Crippen molar-refractivity contribution in [1.82, 2.24) is 0 Å². The van der Waals surface area contributed by atoms with Crippen molar-refractivity contribution in [3.05, 3.63) is 28.8 Å². The molecule has 0 heterocycles. The quantitative estimate of drug-likeness (QED) is 0.808. The Morgan fingerprint density at radius 2 is 2.23 bits per heavy atom. The molecule has 1 rings (SSSR count). The summed E-state index contributed by atoms with van der Waals surface area (Å²) in [4.78, 5) is 0. The van der Waals surface area contributed by atoms with Crippen molar-refractivity contribution in [2.24, 2.45) is 0 Å². The van der Waals surface area contributed by atoms with Gasteiger partial charge in [-0.1, -0.05) is 11.6 Å². The van der Waals surface area contributed by atoms with Crippen molar-refractivity contribution < 1.29 is 9.84 Å². The first-order chi connectivity index (χ1) is 6.27. The lowest BCUT2D eigenvalue weighted by molar-refractivity contribution is 0.292. The molecule has 1 aromatic rings. The van der Waals surface area contributed by atoms with E-state index in [-0.39, 0.29) is 6.61 Å². The van der Waals surface area contributed by atoms with E-state index >= 15 is 0 Å². The lowest BCUT2D eigenvalue weighted by Gasteiger charge is -2.09. The number of halogens is 1. The van der Waals surface area contributed by atoms with E-state index in [4.69, 9.17) is 21.4 Å². The predicted octanol–water partition coefficient (Wildman–Crippen LogP) is 2.27. The Kier molecular flexibility index (Phi) is 4.06. The summed E-state index contributed by atoms with van der Waals surface area (Å²) in [5.74, 6) is 0.806. The highest BCUT2D eigenvalue weighted by Gasteiger charge is 2.03. The fourth-order valence-corrected chi connectivity index (χ4v) is 1.35. The van der Waals surface area contributed by atoms with Gasteiger partial charge in [0.2, 0.25) is 0 Å². The molecule has 0 radical (unpaired) electrons. The molecular formula is C10H13ClO2. The molecule has 0 aliphatic carbocycles. The molecule has 0 bridgehead atoms. The minimum Gasteiger partial charge on any atom is -0.494 e. The van der Waals surface area contributed by atoms with Crippen molar-refractivity contribution in [3.63, 3.8) is 0 Å². The molecule has 13 heavy (non-hydrogen) atoms. The third kappa shape index (κ3) is 2.90. The summed E-state index contributed by atoms with van der Waals surface area (Å²) in [6.07, 6.45) is 0.579. The van der Waals surface area contributed by atoms with Crippen LogP contribution in [0.3, 0.4) is 0 Å². The van der Waals surface area contributed by atoms with E-state index in [0.29, 0.717) is 18.1 Å². The van der Waals surface area contributed by atoms with Gasteiger partial charge < -0.3 is 9.84 Å². The first-order valence-corrected chi connectivity index (χ1v) is 4.67. The number of rotatable bonds is 4. The van der Waals surface area contributed by atoms with Crippen molar-refractivity contribution >= 4 is 11.6 Å². The van der Waals surface area contributed by atoms with Crippen LogP contribution >= 0.6 is 11.6 Å². The second kappa shape index (κ2) is 5.10. The summed E-state index contributed by atoms with van der Waals surface area (Å²) in [5, 5.41) is 9.48. The number of benzene rings is 1. The lowest BCUT2D eigenvalue weighted by Crippen LogP contribution is -1.98. The van der Waals surface area contributed by atoms with Gasteiger partial charge in [-0.25, -0.2) is 0 Å². The van der Waals surface area contributed by atoms with Gasteiger partial charge in [-0.3, -0.25) is 0 Å². The summed E-state index contributed by atoms with van der Waals surface area (Å²) < 4.78 is 5.37. The molecule has 0 unspecified atom stereocenters. The van der Waals surface area contributed by atoms with Crippen molar-refractivity contribution in [2.45, 2.75) is 13.3 Å². The molecule has 0 saturated carbocycles. The number of hydrogen-bond acceptors (Lipinski definition) is 2. The standard InChI is InChI=1S/C10H13ClO2/c1-2-13-10-4-3-9(11)7-8(10)5-6-12/h3-4,7,12H,2,5-6H2,1H3. The maximum absolute atomic E-state index is 8.80. The number of aliphatic hydroxyl groups is 1. The number of ether oxygens (including phenoxy) is 1. The summed E-state index contributed by atoms with van der Waals surface area (Å²) in [7, 11) is 0. The molecule has 0 atom stereocenters. The molecule has 0 amide bonds. The van der Waals surface area contributed by atoms with E-state index < -0.39 is 0 Å². The van der Waals surface area contributed by atoms with E-state index in [9.17, 15) is 0 Å². The van der Waals surface area contributed by atoms with Gasteiger partial charge >= 0.3 is 0 Å². The maximum Gasteiger partial charge on any atom is 0.122 e. The molecule has 1 aromatic carbocycles. The van der Waals surface area contributed by atoms with E-state index in [0.717, 1.165) is 11.3 Å². The molecule has 0 saturated heterocycles. The zero-order valence-corrected chi connectivity index (χ0v) is 8.34. The van der Waals surface area contributed by atoms with Crippen molar-refractivity contribution in [1.29, 1.82) is 0 Å². The van der Waals surface area contributed by atoms with Crippen LogP contribution in [0.5, 0.6) is 5.75 Å². The van der Waals surface area contributed by atoms with Gasteiger partial charge in [-0.05, 0) is 37.1 Å². The maximum atomic E-state index is 8.80. The topological polar surface area (TPSA) is 29.5 Å². The summed E-state index contributed by atoms with van der Waals surface area (Å²) in [6.45, 7) is 2.66. The highest BCUT2D eigenvalue weighted by molar-refractivity contribution is 6.30. The Hall–Kier alpha value is -0.730. The van der Waals surface area contributed by atoms with Crippen LogP contribution in [0, 0.1) is 0 Å². The van der Waals surface area contributed by atoms with E-state index in [1.807, 2.05) is 19.1 Å². The number of aliphatic hydroxyl groups excluding tert-OH is 1. The average molecular weight is 201 g/mol. The smallest absolute Gasteiger partial charge is 0.122 e. The fraction of sp³-hybridized carbons (Fsp3) is 0.400. The predicted molar refractivity (Wildman–Crippen MR) is 53.4 cm³/mol. The van der Waals surface area contributed by atoms with Gasteiger partial charge in [0.15, 0.2) is 0 Å². The third-order valence-corrected chi connectivity index (χ3v) is 1.94. The summed E-state index contributed by atoms with van der Waals surface area (Å²) in [5.41, 5.74) is 0.955. The first kappa shape index (κ1) is 10.4. The Labute approximate surface area is 83.1 Å². The van der Waals surface area contributed by atoms with Crippen LogP contribution in [0.25, 0.3) is 0 Å². The highest BCUT2D eigenvalue weighted by atomic mass is 35.5. The molecular weight excluding hydrogens is 188 g/mol. The zero-order valence-electron chi connectivity index (χ0n) is 7.59. The molecule has 2 nitrogen and oxygen atoms in total. The van der Waals surface area contributed by atoms with Gasteiger partial charge in [-0.2, -0.15) is 0 Å². The normalized spacial score (nSPS) is 10.1. The SMILES string of the molecule is CCOc1ccc(Cl)cc1CCO. The van der Waals surface area contributed by atoms with E-state index in [1.54, 1.807) is 6.07 Å². The third-order valence-electron chi connectivity index (χ3n) is 1.70. The average Bonchev–Trinajstić information content (AvgIpc) is 2.10. The van der Waals surface area contributed by atoms with Gasteiger partial charge in [0, 0.05) is 11.6 Å². The Morgan fingerprint density at radius 1 is 1.46 bits per heavy atom. The first-order valence-electron chi connectivity index (χ1n) is 4.30. The largest absolute Gasteiger partial charge is 0.494 e. The molecule has 0 aliphatic rings. The van der Waals surface area contributed by atoms with Gasteiger partial charge in [-0.15, -0.1) is 0 Å². The molecule has 0 spiro atoms. The van der Waals surface area contributed by atoms with Gasteiger partial charge in [0.05, 0.1) is 6.61 Å². The van der Waals surface area contributed by atoms with Crippen LogP contribution in [-0.2, 0) is 6.42 Å². The van der Waals surface area contributed by atoms with Crippen molar-refractivity contribution in [3.8, 4) is 5.75 Å². The molecule has 1 N–H and O–H groups in total. The van der Waals surface area contributed by atoms with E-state index in [1.165, 1.54) is 0 Å². The van der Waals surface area contributed by atoms with Crippen LogP contribution < -0.4 is 4.74 Å². The van der Waals surface area contributed by atoms with Crippen LogP contribution in [0.1, 0.15) is 12.5 Å². The molecule has 0 fully saturated rings. The number of hydrogen-bond donors (Lipinski definition) is 1. The molecule has 72 valence electrons. The summed E-state index contributed by atoms with van der Waals surface area (Å²) >= 11 is 5.82. The van der Waals surface area contributed by atoms with Crippen LogP contribution in [-0.4, -0.2) is 18.3 Å². The monoisotopic (exact) mass is 200 g/mol. The second-order valence-corrected chi connectivity index (χ2v) is 3.10. The Morgan fingerprint density at radius 3 is 2.85 bits per heavy atom. The Bertz CT molecular complexity index is 274. The minimum atomic E-state index is 0.112. The van der Waals surface area contributed by atoms with E-state index in [2.05, 4.69) is 0 Å². The lowest BCUT2D eigenvalue weighted by atomic mass is 10.1. The minimum absolute atomic E-state index is 0.112. The summed E-state index contributed by atoms with van der Waals surface area (Å²) in [6, 6.07) is 5.44.